The van der Waals surface area contributed by atoms with Crippen LogP contribution in [0.2, 0.25) is 0 Å². The third kappa shape index (κ3) is 11.5. The van der Waals surface area contributed by atoms with E-state index in [-0.39, 0.29) is 0 Å². The van der Waals surface area contributed by atoms with Crippen molar-refractivity contribution < 1.29 is 4.74 Å². The molecule has 0 aliphatic carbocycles. The topological polar surface area (TPSA) is 9.23 Å². The lowest BCUT2D eigenvalue weighted by atomic mass is 10.2. The van der Waals surface area contributed by atoms with Crippen LogP contribution in [-0.4, -0.2) is 13.2 Å². The van der Waals surface area contributed by atoms with E-state index in [1.54, 1.807) is 0 Å². The molecule has 0 amide bonds. The van der Waals surface area contributed by atoms with Crippen LogP contribution < -0.4 is 0 Å². The van der Waals surface area contributed by atoms with Gasteiger partial charge in [0.15, 0.2) is 0 Å². The quantitative estimate of drug-likeness (QED) is 0.384. The van der Waals surface area contributed by atoms with E-state index in [9.17, 15) is 0 Å². The lowest BCUT2D eigenvalue weighted by molar-refractivity contribution is 0.167. The Hall–Kier alpha value is -0.520. The summed E-state index contributed by atoms with van der Waals surface area (Å²) in [6.45, 7) is 8.57. The normalized spacial score (nSPS) is 8.93. The highest BCUT2D eigenvalue weighted by Gasteiger charge is 1.86. The van der Waals surface area contributed by atoms with Gasteiger partial charge in [-0.05, 0) is 12.8 Å². The van der Waals surface area contributed by atoms with Gasteiger partial charge >= 0.3 is 0 Å². The Morgan fingerprint density at radius 3 is 2.71 bits per heavy atom. The van der Waals surface area contributed by atoms with Gasteiger partial charge in [0.05, 0.1) is 13.2 Å². The molecule has 0 heterocycles. The summed E-state index contributed by atoms with van der Waals surface area (Å²) < 4.78 is 6.13. The lowest BCUT2D eigenvalue weighted by Crippen LogP contribution is -1.94. The standard InChI is InChI=1S/C12H17BrO/c1-3-4-5-6-7-8-9-10-14-11-12(2)13/h3H,1-2,4-6,9-11H2. The van der Waals surface area contributed by atoms with E-state index >= 15 is 0 Å². The van der Waals surface area contributed by atoms with E-state index < -0.39 is 0 Å². The zero-order chi connectivity index (χ0) is 10.6. The average molecular weight is 257 g/mol. The minimum atomic E-state index is 0.568. The first kappa shape index (κ1) is 13.5. The monoisotopic (exact) mass is 256 g/mol. The summed E-state index contributed by atoms with van der Waals surface area (Å²) in [4.78, 5) is 0. The first-order valence-corrected chi connectivity index (χ1v) is 5.54. The second-order valence-corrected chi connectivity index (χ2v) is 3.98. The molecule has 0 N–H and O–H groups in total. The van der Waals surface area contributed by atoms with Gasteiger partial charge in [-0.3, -0.25) is 0 Å². The average Bonchev–Trinajstić information content (AvgIpc) is 2.15. The molecule has 0 aromatic carbocycles. The fourth-order valence-corrected chi connectivity index (χ4v) is 0.980. The van der Waals surface area contributed by atoms with E-state index in [1.807, 2.05) is 6.08 Å². The molecule has 0 bridgehead atoms. The highest BCUT2D eigenvalue weighted by atomic mass is 79.9. The number of unbranched alkanes of at least 4 members (excludes halogenated alkanes) is 2. The van der Waals surface area contributed by atoms with Crippen LogP contribution in [0.25, 0.3) is 0 Å². The fraction of sp³-hybridized carbons (Fsp3) is 0.500. The van der Waals surface area contributed by atoms with Gasteiger partial charge in [-0.25, -0.2) is 0 Å². The molecule has 0 aliphatic rings. The van der Waals surface area contributed by atoms with Crippen molar-refractivity contribution in [2.75, 3.05) is 13.2 Å². The summed E-state index contributed by atoms with van der Waals surface area (Å²) >= 11 is 3.22. The Morgan fingerprint density at radius 1 is 1.36 bits per heavy atom. The van der Waals surface area contributed by atoms with E-state index in [4.69, 9.17) is 4.74 Å². The Balaban J connectivity index is 3.17. The van der Waals surface area contributed by atoms with Crippen LogP contribution in [0.3, 0.4) is 0 Å². The molecular formula is C12H17BrO. The van der Waals surface area contributed by atoms with Gasteiger partial charge in [-0.1, -0.05) is 28.6 Å². The van der Waals surface area contributed by atoms with Crippen molar-refractivity contribution in [3.8, 4) is 11.8 Å². The van der Waals surface area contributed by atoms with Gasteiger partial charge in [0.25, 0.3) is 0 Å². The molecule has 2 heteroatoms. The molecule has 78 valence electrons. The fourth-order valence-electron chi connectivity index (χ4n) is 0.818. The van der Waals surface area contributed by atoms with Crippen LogP contribution in [0.15, 0.2) is 23.7 Å². The van der Waals surface area contributed by atoms with Crippen molar-refractivity contribution in [1.29, 1.82) is 0 Å². The van der Waals surface area contributed by atoms with E-state index in [0.717, 1.165) is 30.2 Å². The maximum Gasteiger partial charge on any atom is 0.0776 e. The number of hydrogen-bond acceptors (Lipinski definition) is 1. The lowest BCUT2D eigenvalue weighted by Gasteiger charge is -1.97. The van der Waals surface area contributed by atoms with Crippen molar-refractivity contribution in [2.45, 2.75) is 25.7 Å². The second kappa shape index (κ2) is 10.6. The molecule has 0 saturated carbocycles. The third-order valence-electron chi connectivity index (χ3n) is 1.47. The summed E-state index contributed by atoms with van der Waals surface area (Å²) in [5.74, 6) is 6.16. The minimum absolute atomic E-state index is 0.568. The number of ether oxygens (including phenoxy) is 1. The number of rotatable bonds is 7. The number of allylic oxidation sites excluding steroid dienone is 1. The smallest absolute Gasteiger partial charge is 0.0776 e. The Kier molecular flexibility index (Phi) is 10.2. The Labute approximate surface area is 95.4 Å². The van der Waals surface area contributed by atoms with Crippen molar-refractivity contribution in [2.24, 2.45) is 0 Å². The summed E-state index contributed by atoms with van der Waals surface area (Å²) in [6, 6.07) is 0. The van der Waals surface area contributed by atoms with Gasteiger partial charge in [0, 0.05) is 17.3 Å². The number of halogens is 1. The maximum atomic E-state index is 5.26. The first-order chi connectivity index (χ1) is 6.77. The molecule has 0 rings (SSSR count). The third-order valence-corrected chi connectivity index (χ3v) is 1.69. The van der Waals surface area contributed by atoms with Gasteiger partial charge in [0.1, 0.15) is 0 Å². The molecule has 0 aromatic rings. The zero-order valence-corrected chi connectivity index (χ0v) is 10.1. The van der Waals surface area contributed by atoms with Crippen LogP contribution >= 0.6 is 15.9 Å². The van der Waals surface area contributed by atoms with E-state index in [1.165, 1.54) is 0 Å². The molecule has 0 radical (unpaired) electrons. The first-order valence-electron chi connectivity index (χ1n) is 4.75. The molecule has 14 heavy (non-hydrogen) atoms. The second-order valence-electron chi connectivity index (χ2n) is 2.85. The molecule has 0 aliphatic heterocycles. The van der Waals surface area contributed by atoms with Crippen LogP contribution in [0.1, 0.15) is 25.7 Å². The zero-order valence-electron chi connectivity index (χ0n) is 8.52. The summed E-state index contributed by atoms with van der Waals surface area (Å²) in [5, 5.41) is 0. The largest absolute Gasteiger partial charge is 0.375 e. The summed E-state index contributed by atoms with van der Waals surface area (Å²) in [7, 11) is 0. The van der Waals surface area contributed by atoms with Gasteiger partial charge < -0.3 is 4.74 Å². The summed E-state index contributed by atoms with van der Waals surface area (Å²) in [5.41, 5.74) is 0. The molecular weight excluding hydrogens is 240 g/mol. The van der Waals surface area contributed by atoms with Crippen LogP contribution in [-0.2, 0) is 4.74 Å². The molecule has 0 unspecified atom stereocenters. The van der Waals surface area contributed by atoms with Gasteiger partial charge in [0.2, 0.25) is 0 Å². The molecule has 0 fully saturated rings. The SMILES string of the molecule is C=CCCCC#CCCOCC(=C)Br. The van der Waals surface area contributed by atoms with E-state index in [2.05, 4.69) is 40.9 Å². The molecule has 0 saturated heterocycles. The van der Waals surface area contributed by atoms with Crippen LogP contribution in [0, 0.1) is 11.8 Å². The van der Waals surface area contributed by atoms with Crippen molar-refractivity contribution in [1.82, 2.24) is 0 Å². The van der Waals surface area contributed by atoms with Crippen molar-refractivity contribution in [3.05, 3.63) is 23.7 Å². The van der Waals surface area contributed by atoms with Gasteiger partial charge in [-0.15, -0.1) is 18.4 Å². The number of hydrogen-bond donors (Lipinski definition) is 0. The highest BCUT2D eigenvalue weighted by molar-refractivity contribution is 9.11. The molecule has 0 atom stereocenters. The Morgan fingerprint density at radius 2 is 2.07 bits per heavy atom. The predicted molar refractivity (Wildman–Crippen MR) is 65.3 cm³/mol. The summed E-state index contributed by atoms with van der Waals surface area (Å²) in [6.07, 6.45) is 5.84. The maximum absolute atomic E-state index is 5.26. The van der Waals surface area contributed by atoms with Crippen molar-refractivity contribution in [3.63, 3.8) is 0 Å². The minimum Gasteiger partial charge on any atom is -0.375 e. The molecule has 1 nitrogen and oxygen atoms in total. The Bertz CT molecular complexity index is 222. The van der Waals surface area contributed by atoms with Gasteiger partial charge in [-0.2, -0.15) is 0 Å². The highest BCUT2D eigenvalue weighted by Crippen LogP contribution is 2.00. The van der Waals surface area contributed by atoms with Crippen LogP contribution in [0.5, 0.6) is 0 Å². The molecule has 0 aromatic heterocycles. The molecule has 0 spiro atoms. The van der Waals surface area contributed by atoms with Crippen molar-refractivity contribution >= 4 is 15.9 Å². The predicted octanol–water partition coefficient (Wildman–Crippen LogP) is 3.66. The van der Waals surface area contributed by atoms with E-state index in [0.29, 0.717) is 13.2 Å². The van der Waals surface area contributed by atoms with Crippen LogP contribution in [0.4, 0.5) is 0 Å².